The summed E-state index contributed by atoms with van der Waals surface area (Å²) in [6.07, 6.45) is 2.49. The maximum Gasteiger partial charge on any atom is 0.410 e. The van der Waals surface area contributed by atoms with E-state index in [1.54, 1.807) is 102 Å². The van der Waals surface area contributed by atoms with Crippen LogP contribution >= 0.6 is 0 Å². The molecule has 0 heterocycles. The molecule has 4 N–H and O–H groups in total. The summed E-state index contributed by atoms with van der Waals surface area (Å²) < 4.78 is 34.5. The lowest BCUT2D eigenvalue weighted by atomic mass is 9.94. The van der Waals surface area contributed by atoms with Crippen LogP contribution in [0.4, 0.5) is 9.59 Å². The third-order valence-corrected chi connectivity index (χ3v) is 9.89. The maximum atomic E-state index is 14.2. The van der Waals surface area contributed by atoms with E-state index in [1.165, 1.54) is 39.1 Å². The number of hydrogen-bond acceptors (Lipinski definition) is 13. The SMILES string of the molecule is C#C[C@@](C)(Oc1cc([C@@H](O)[C@@H](C(=O)OCc2ccccc2)N(C)C(=O)OC(C)(C)C)ccc1OCc1ccccc1)[C@H](NC(=O)[C@H](C)NC(=O)OCc1ccccc1)C(=O)NCC(=O)OC(C)(C)C. The summed E-state index contributed by atoms with van der Waals surface area (Å²) in [5.41, 5.74) is -1.93. The molecule has 17 heteroatoms. The molecule has 0 aliphatic rings. The second-order valence-electron chi connectivity index (χ2n) is 18.1. The van der Waals surface area contributed by atoms with Gasteiger partial charge in [0.15, 0.2) is 29.2 Å². The average molecular weight is 951 g/mol. The van der Waals surface area contributed by atoms with Gasteiger partial charge in [0.25, 0.3) is 0 Å². The number of rotatable bonds is 20. The zero-order valence-corrected chi connectivity index (χ0v) is 40.4. The summed E-state index contributed by atoms with van der Waals surface area (Å²) in [7, 11) is 1.28. The summed E-state index contributed by atoms with van der Waals surface area (Å²) in [5.74, 6) is -1.37. The second kappa shape index (κ2) is 24.4. The van der Waals surface area contributed by atoms with Gasteiger partial charge < -0.3 is 49.5 Å². The Labute approximate surface area is 403 Å². The van der Waals surface area contributed by atoms with Crippen LogP contribution in [0.25, 0.3) is 0 Å². The van der Waals surface area contributed by atoms with Crippen molar-refractivity contribution in [1.82, 2.24) is 20.9 Å². The Bertz CT molecular complexity index is 2410. The number of likely N-dealkylation sites (N-methyl/N-ethyl adjacent to an activating group) is 1. The summed E-state index contributed by atoms with van der Waals surface area (Å²) >= 11 is 0. The van der Waals surface area contributed by atoms with Crippen molar-refractivity contribution in [3.8, 4) is 23.8 Å². The molecule has 0 saturated heterocycles. The minimum absolute atomic E-state index is 0.00177. The largest absolute Gasteiger partial charge is 0.485 e. The lowest BCUT2D eigenvalue weighted by molar-refractivity contribution is -0.155. The van der Waals surface area contributed by atoms with Crippen LogP contribution < -0.4 is 25.4 Å². The molecule has 4 aromatic carbocycles. The van der Waals surface area contributed by atoms with E-state index in [4.69, 9.17) is 34.8 Å². The normalized spacial score (nSPS) is 13.8. The highest BCUT2D eigenvalue weighted by atomic mass is 16.6. The highest BCUT2D eigenvalue weighted by Crippen LogP contribution is 2.36. The van der Waals surface area contributed by atoms with E-state index in [2.05, 4.69) is 21.9 Å². The van der Waals surface area contributed by atoms with Crippen molar-refractivity contribution in [3.63, 3.8) is 0 Å². The molecule has 368 valence electrons. The third kappa shape index (κ3) is 17.2. The first-order valence-corrected chi connectivity index (χ1v) is 22.1. The van der Waals surface area contributed by atoms with Crippen molar-refractivity contribution in [2.45, 2.75) is 116 Å². The van der Waals surface area contributed by atoms with E-state index in [1.807, 2.05) is 30.3 Å². The molecule has 0 aromatic heterocycles. The molecule has 0 aliphatic carbocycles. The van der Waals surface area contributed by atoms with Crippen molar-refractivity contribution in [3.05, 3.63) is 131 Å². The van der Waals surface area contributed by atoms with Crippen LogP contribution in [0.3, 0.4) is 0 Å². The number of alkyl carbamates (subject to hydrolysis) is 1. The fraction of sp³-hybridized carbons (Fsp3) is 0.385. The Hall–Kier alpha value is -7.58. The first-order chi connectivity index (χ1) is 32.5. The van der Waals surface area contributed by atoms with Gasteiger partial charge in [-0.25, -0.2) is 14.4 Å². The van der Waals surface area contributed by atoms with Crippen LogP contribution in [0.15, 0.2) is 109 Å². The number of nitrogens with one attached hydrogen (secondary N) is 3. The van der Waals surface area contributed by atoms with E-state index in [9.17, 15) is 33.9 Å². The van der Waals surface area contributed by atoms with Gasteiger partial charge >= 0.3 is 24.1 Å². The zero-order chi connectivity index (χ0) is 50.9. The van der Waals surface area contributed by atoms with E-state index in [0.717, 1.165) is 10.5 Å². The van der Waals surface area contributed by atoms with Crippen LogP contribution in [-0.4, -0.2) is 94.5 Å². The molecule has 69 heavy (non-hydrogen) atoms. The number of benzene rings is 4. The van der Waals surface area contributed by atoms with Crippen molar-refractivity contribution in [2.24, 2.45) is 0 Å². The number of hydrogen-bond donors (Lipinski definition) is 4. The molecular weight excluding hydrogens is 889 g/mol. The van der Waals surface area contributed by atoms with Crippen LogP contribution in [0.1, 0.15) is 83.7 Å². The van der Waals surface area contributed by atoms with Crippen molar-refractivity contribution >= 4 is 35.9 Å². The second-order valence-corrected chi connectivity index (χ2v) is 18.1. The number of carbonyl (C=O) groups is 6. The molecule has 17 nitrogen and oxygen atoms in total. The first-order valence-electron chi connectivity index (χ1n) is 22.1. The van der Waals surface area contributed by atoms with E-state index in [-0.39, 0.29) is 36.9 Å². The quantitative estimate of drug-likeness (QED) is 0.0435. The molecule has 5 atom stereocenters. The van der Waals surface area contributed by atoms with Gasteiger partial charge in [-0.15, -0.1) is 6.42 Å². The van der Waals surface area contributed by atoms with Crippen LogP contribution in [0.2, 0.25) is 0 Å². The lowest BCUT2D eigenvalue weighted by Gasteiger charge is -2.35. The maximum absolute atomic E-state index is 14.2. The van der Waals surface area contributed by atoms with Gasteiger partial charge in [-0.1, -0.05) is 103 Å². The first kappa shape index (κ1) is 54.0. The highest BCUT2D eigenvalue weighted by molar-refractivity contribution is 5.93. The smallest absolute Gasteiger partial charge is 0.410 e. The van der Waals surface area contributed by atoms with E-state index in [0.29, 0.717) is 11.1 Å². The van der Waals surface area contributed by atoms with E-state index >= 15 is 0 Å². The Balaban J connectivity index is 1.75. The summed E-state index contributed by atoms with van der Waals surface area (Å²) in [6, 6.07) is 26.1. The van der Waals surface area contributed by atoms with Crippen molar-refractivity contribution in [2.75, 3.05) is 13.6 Å². The van der Waals surface area contributed by atoms with Gasteiger partial charge in [0.1, 0.15) is 49.7 Å². The molecule has 4 amide bonds. The number of esters is 2. The molecular formula is C52H62N4O13. The highest BCUT2D eigenvalue weighted by Gasteiger charge is 2.44. The van der Waals surface area contributed by atoms with Crippen molar-refractivity contribution < 1.29 is 62.3 Å². The van der Waals surface area contributed by atoms with Gasteiger partial charge in [-0.3, -0.25) is 19.3 Å². The number of carbonyl (C=O) groups excluding carboxylic acids is 6. The van der Waals surface area contributed by atoms with Gasteiger partial charge in [-0.2, -0.15) is 0 Å². The molecule has 4 aromatic rings. The molecule has 0 radical (unpaired) electrons. The van der Waals surface area contributed by atoms with Crippen molar-refractivity contribution in [1.29, 1.82) is 0 Å². The Morgan fingerprint density at radius 3 is 1.72 bits per heavy atom. The number of ether oxygens (including phenoxy) is 6. The molecule has 0 unspecified atom stereocenters. The number of amides is 4. The Kier molecular flexibility index (Phi) is 19.1. The minimum Gasteiger partial charge on any atom is -0.485 e. The average Bonchev–Trinajstić information content (AvgIpc) is 3.30. The van der Waals surface area contributed by atoms with Crippen LogP contribution in [0, 0.1) is 12.3 Å². The Morgan fingerprint density at radius 1 is 0.681 bits per heavy atom. The van der Waals surface area contributed by atoms with Crippen LogP contribution in [-0.2, 0) is 57.9 Å². The van der Waals surface area contributed by atoms with Gasteiger partial charge in [0, 0.05) is 7.05 Å². The molecule has 0 fully saturated rings. The fourth-order valence-corrected chi connectivity index (χ4v) is 6.35. The lowest BCUT2D eigenvalue weighted by Crippen LogP contribution is -2.63. The number of terminal acetylenes is 1. The molecule has 0 spiro atoms. The number of nitrogens with zero attached hydrogens (tertiary/aromatic N) is 1. The molecule has 0 aliphatic heterocycles. The van der Waals surface area contributed by atoms with E-state index < -0.39 is 83.5 Å². The number of aliphatic hydroxyl groups excluding tert-OH is 1. The number of aliphatic hydroxyl groups is 1. The van der Waals surface area contributed by atoms with Gasteiger partial charge in [0.2, 0.25) is 11.8 Å². The minimum atomic E-state index is -2.16. The van der Waals surface area contributed by atoms with Crippen LogP contribution in [0.5, 0.6) is 11.5 Å². The predicted octanol–water partition coefficient (Wildman–Crippen LogP) is 6.31. The zero-order valence-electron chi connectivity index (χ0n) is 40.4. The van der Waals surface area contributed by atoms with Gasteiger partial charge in [0.05, 0.1) is 0 Å². The topological polar surface area (TPSA) is 217 Å². The predicted molar refractivity (Wildman–Crippen MR) is 254 cm³/mol. The molecule has 0 saturated carbocycles. The van der Waals surface area contributed by atoms with Gasteiger partial charge in [-0.05, 0) is 89.8 Å². The standard InChI is InChI=1S/C52H62N4O13/c1-11-52(9,44(46(60)53-30-41(57)68-50(3,4)5)55-45(59)34(2)54-48(62)66-33-37-25-19-14-20-26-37)67-40-29-38(27-28-39(40)64-31-35-21-15-12-16-22-35)43(58)42(56(10)49(63)69-51(6,7)8)47(61)65-32-36-23-17-13-18-24-36/h1,12-29,34,42-44,58H,30-33H2,2-10H3,(H,53,60)(H,54,62)(H,55,59)/t34-,42-,43+,44+,52+/m0/s1. The fourth-order valence-electron chi connectivity index (χ4n) is 6.35. The third-order valence-electron chi connectivity index (χ3n) is 9.89. The molecule has 4 rings (SSSR count). The Morgan fingerprint density at radius 2 is 1.20 bits per heavy atom. The summed E-state index contributed by atoms with van der Waals surface area (Å²) in [5, 5.41) is 19.5. The monoisotopic (exact) mass is 950 g/mol. The molecule has 0 bridgehead atoms. The summed E-state index contributed by atoms with van der Waals surface area (Å²) in [6.45, 7) is 11.6. The summed E-state index contributed by atoms with van der Waals surface area (Å²) in [4.78, 5) is 81.9.